The fourth-order valence-corrected chi connectivity index (χ4v) is 2.52. The van der Waals surface area contributed by atoms with Gasteiger partial charge in [0, 0.05) is 30.9 Å². The van der Waals surface area contributed by atoms with Gasteiger partial charge in [0.15, 0.2) is 0 Å². The predicted octanol–water partition coefficient (Wildman–Crippen LogP) is 3.27. The fraction of sp³-hybridized carbons (Fsp3) is 0.600. The van der Waals surface area contributed by atoms with Gasteiger partial charge < -0.3 is 5.32 Å². The standard InChI is InChI=1S/C15H24N2/c1-11(2)16-15-7-5-6-13-10-17(12(3)4)9-8-14(13)15/h5-7,11-12,16H,8-10H2,1-4H3. The minimum atomic E-state index is 0.504. The highest BCUT2D eigenvalue weighted by atomic mass is 15.1. The molecule has 1 aromatic rings. The van der Waals surface area contributed by atoms with Crippen LogP contribution in [0.2, 0.25) is 0 Å². The van der Waals surface area contributed by atoms with Crippen LogP contribution >= 0.6 is 0 Å². The van der Waals surface area contributed by atoms with Crippen molar-refractivity contribution >= 4 is 5.69 Å². The van der Waals surface area contributed by atoms with Gasteiger partial charge in [0.25, 0.3) is 0 Å². The van der Waals surface area contributed by atoms with Gasteiger partial charge >= 0.3 is 0 Å². The molecule has 1 aliphatic heterocycles. The number of anilines is 1. The number of nitrogens with one attached hydrogen (secondary N) is 1. The molecule has 0 aromatic heterocycles. The van der Waals surface area contributed by atoms with Crippen molar-refractivity contribution < 1.29 is 0 Å². The number of benzene rings is 1. The smallest absolute Gasteiger partial charge is 0.0378 e. The molecular formula is C15H24N2. The van der Waals surface area contributed by atoms with E-state index in [0.717, 1.165) is 6.54 Å². The van der Waals surface area contributed by atoms with Gasteiger partial charge in [-0.15, -0.1) is 0 Å². The van der Waals surface area contributed by atoms with Crippen LogP contribution in [0.25, 0.3) is 0 Å². The minimum absolute atomic E-state index is 0.504. The summed E-state index contributed by atoms with van der Waals surface area (Å²) in [6.07, 6.45) is 1.17. The summed E-state index contributed by atoms with van der Waals surface area (Å²) in [6.45, 7) is 11.2. The maximum absolute atomic E-state index is 3.56. The summed E-state index contributed by atoms with van der Waals surface area (Å²) in [4.78, 5) is 2.54. The van der Waals surface area contributed by atoms with Crippen LogP contribution in [-0.2, 0) is 13.0 Å². The Balaban J connectivity index is 2.23. The van der Waals surface area contributed by atoms with Crippen LogP contribution < -0.4 is 5.32 Å². The van der Waals surface area contributed by atoms with Crippen molar-refractivity contribution in [3.8, 4) is 0 Å². The third-order valence-corrected chi connectivity index (χ3v) is 3.47. The summed E-state index contributed by atoms with van der Waals surface area (Å²) in [7, 11) is 0. The summed E-state index contributed by atoms with van der Waals surface area (Å²) in [5.74, 6) is 0. The van der Waals surface area contributed by atoms with E-state index in [1.807, 2.05) is 0 Å². The Hall–Kier alpha value is -1.02. The largest absolute Gasteiger partial charge is 0.383 e. The van der Waals surface area contributed by atoms with Crippen molar-refractivity contribution in [2.45, 2.75) is 52.7 Å². The molecule has 0 amide bonds. The number of hydrogen-bond acceptors (Lipinski definition) is 2. The minimum Gasteiger partial charge on any atom is -0.383 e. The maximum atomic E-state index is 3.56. The summed E-state index contributed by atoms with van der Waals surface area (Å²) in [5.41, 5.74) is 4.36. The van der Waals surface area contributed by atoms with Gasteiger partial charge in [-0.3, -0.25) is 4.90 Å². The van der Waals surface area contributed by atoms with Crippen LogP contribution in [0, 0.1) is 0 Å². The molecule has 1 aliphatic rings. The zero-order valence-corrected chi connectivity index (χ0v) is 11.5. The normalized spacial score (nSPS) is 16.4. The second-order valence-corrected chi connectivity index (χ2v) is 5.56. The van der Waals surface area contributed by atoms with Crippen LogP contribution in [0.3, 0.4) is 0 Å². The van der Waals surface area contributed by atoms with Crippen molar-refractivity contribution in [3.05, 3.63) is 29.3 Å². The predicted molar refractivity (Wildman–Crippen MR) is 74.5 cm³/mol. The number of hydrogen-bond donors (Lipinski definition) is 1. The summed E-state index contributed by atoms with van der Waals surface area (Å²) < 4.78 is 0. The van der Waals surface area contributed by atoms with E-state index in [1.165, 1.54) is 29.8 Å². The molecule has 0 atom stereocenters. The quantitative estimate of drug-likeness (QED) is 0.860. The third kappa shape index (κ3) is 2.81. The van der Waals surface area contributed by atoms with Gasteiger partial charge in [-0.2, -0.15) is 0 Å². The van der Waals surface area contributed by atoms with E-state index in [9.17, 15) is 0 Å². The zero-order chi connectivity index (χ0) is 12.4. The molecule has 0 bridgehead atoms. The molecule has 2 rings (SSSR count). The lowest BCUT2D eigenvalue weighted by Crippen LogP contribution is -2.36. The molecular weight excluding hydrogens is 208 g/mol. The fourth-order valence-electron chi connectivity index (χ4n) is 2.52. The molecule has 0 aliphatic carbocycles. The monoisotopic (exact) mass is 232 g/mol. The molecule has 1 aromatic carbocycles. The highest BCUT2D eigenvalue weighted by Crippen LogP contribution is 2.27. The molecule has 0 unspecified atom stereocenters. The molecule has 2 nitrogen and oxygen atoms in total. The molecule has 0 saturated carbocycles. The van der Waals surface area contributed by atoms with E-state index in [2.05, 4.69) is 56.1 Å². The van der Waals surface area contributed by atoms with Crippen LogP contribution in [-0.4, -0.2) is 23.5 Å². The first-order chi connectivity index (χ1) is 8.08. The maximum Gasteiger partial charge on any atom is 0.0378 e. The van der Waals surface area contributed by atoms with Crippen molar-refractivity contribution in [1.29, 1.82) is 0 Å². The summed E-state index contributed by atoms with van der Waals surface area (Å²) in [5, 5.41) is 3.56. The Kier molecular flexibility index (Phi) is 3.72. The lowest BCUT2D eigenvalue weighted by Gasteiger charge is -2.33. The molecule has 0 saturated heterocycles. The molecule has 1 heterocycles. The topological polar surface area (TPSA) is 15.3 Å². The Bertz CT molecular complexity index is 383. The first-order valence-electron chi connectivity index (χ1n) is 6.69. The van der Waals surface area contributed by atoms with E-state index in [1.54, 1.807) is 0 Å². The van der Waals surface area contributed by atoms with Gasteiger partial charge in [0.1, 0.15) is 0 Å². The lowest BCUT2D eigenvalue weighted by molar-refractivity contribution is 0.203. The van der Waals surface area contributed by atoms with E-state index in [0.29, 0.717) is 12.1 Å². The van der Waals surface area contributed by atoms with Crippen LogP contribution in [0.4, 0.5) is 5.69 Å². The van der Waals surface area contributed by atoms with E-state index < -0.39 is 0 Å². The van der Waals surface area contributed by atoms with Crippen LogP contribution in [0.15, 0.2) is 18.2 Å². The highest BCUT2D eigenvalue weighted by molar-refractivity contribution is 5.56. The van der Waals surface area contributed by atoms with Crippen molar-refractivity contribution in [1.82, 2.24) is 4.90 Å². The molecule has 1 N–H and O–H groups in total. The van der Waals surface area contributed by atoms with E-state index in [4.69, 9.17) is 0 Å². The number of nitrogens with zero attached hydrogens (tertiary/aromatic N) is 1. The molecule has 0 fully saturated rings. The highest BCUT2D eigenvalue weighted by Gasteiger charge is 2.20. The lowest BCUT2D eigenvalue weighted by atomic mass is 9.96. The van der Waals surface area contributed by atoms with Gasteiger partial charge in [0.05, 0.1) is 0 Å². The molecule has 0 spiro atoms. The molecule has 0 radical (unpaired) electrons. The summed E-state index contributed by atoms with van der Waals surface area (Å²) >= 11 is 0. The molecule has 94 valence electrons. The summed E-state index contributed by atoms with van der Waals surface area (Å²) in [6, 6.07) is 7.81. The second-order valence-electron chi connectivity index (χ2n) is 5.56. The van der Waals surface area contributed by atoms with Gasteiger partial charge in [-0.1, -0.05) is 12.1 Å². The number of fused-ring (bicyclic) bond motifs is 1. The van der Waals surface area contributed by atoms with Gasteiger partial charge in [0.2, 0.25) is 0 Å². The number of rotatable bonds is 3. The first-order valence-corrected chi connectivity index (χ1v) is 6.69. The van der Waals surface area contributed by atoms with E-state index in [-0.39, 0.29) is 0 Å². The van der Waals surface area contributed by atoms with Gasteiger partial charge in [-0.25, -0.2) is 0 Å². The van der Waals surface area contributed by atoms with Crippen LogP contribution in [0.5, 0.6) is 0 Å². The van der Waals surface area contributed by atoms with Crippen molar-refractivity contribution in [2.24, 2.45) is 0 Å². The zero-order valence-electron chi connectivity index (χ0n) is 11.5. The average Bonchev–Trinajstić information content (AvgIpc) is 2.28. The Labute approximate surface area is 105 Å². The van der Waals surface area contributed by atoms with Crippen LogP contribution in [0.1, 0.15) is 38.8 Å². The third-order valence-electron chi connectivity index (χ3n) is 3.47. The first kappa shape index (κ1) is 12.4. The SMILES string of the molecule is CC(C)Nc1cccc2c1CCN(C(C)C)C2. The molecule has 17 heavy (non-hydrogen) atoms. The van der Waals surface area contributed by atoms with Crippen molar-refractivity contribution in [3.63, 3.8) is 0 Å². The molecule has 2 heteroatoms. The Morgan fingerprint density at radius 2 is 1.94 bits per heavy atom. The van der Waals surface area contributed by atoms with E-state index >= 15 is 0 Å². The Morgan fingerprint density at radius 3 is 2.59 bits per heavy atom. The Morgan fingerprint density at radius 1 is 1.18 bits per heavy atom. The van der Waals surface area contributed by atoms with Gasteiger partial charge in [-0.05, 0) is 51.3 Å². The second kappa shape index (κ2) is 5.09. The average molecular weight is 232 g/mol. The van der Waals surface area contributed by atoms with Crippen molar-refractivity contribution in [2.75, 3.05) is 11.9 Å².